The lowest BCUT2D eigenvalue weighted by Gasteiger charge is -2.13. The van der Waals surface area contributed by atoms with Crippen LogP contribution in [0.5, 0.6) is 11.5 Å². The first-order valence-electron chi connectivity index (χ1n) is 5.56. The Hall–Kier alpha value is -1.51. The number of benzene rings is 1. The third-order valence-corrected chi connectivity index (χ3v) is 2.71. The van der Waals surface area contributed by atoms with Crippen LogP contribution in [0.1, 0.15) is 24.5 Å². The van der Waals surface area contributed by atoms with Crippen molar-refractivity contribution in [3.05, 3.63) is 23.3 Å². The average molecular weight is 220 g/mol. The van der Waals surface area contributed by atoms with Crippen molar-refractivity contribution >= 4 is 5.78 Å². The average Bonchev–Trinajstić information content (AvgIpc) is 2.47. The van der Waals surface area contributed by atoms with Gasteiger partial charge in [-0.3, -0.25) is 4.79 Å². The molecule has 0 N–H and O–H groups in total. The number of fused-ring (bicyclic) bond motifs is 1. The van der Waals surface area contributed by atoms with Crippen LogP contribution in [0.2, 0.25) is 0 Å². The van der Waals surface area contributed by atoms with E-state index in [9.17, 15) is 4.79 Å². The summed E-state index contributed by atoms with van der Waals surface area (Å²) in [6, 6.07) is 3.84. The number of ketones is 1. The molecule has 1 aliphatic heterocycles. The van der Waals surface area contributed by atoms with Crippen molar-refractivity contribution in [1.29, 1.82) is 0 Å². The first-order valence-corrected chi connectivity index (χ1v) is 5.56. The van der Waals surface area contributed by atoms with E-state index in [1.807, 2.05) is 19.1 Å². The molecule has 0 amide bonds. The van der Waals surface area contributed by atoms with E-state index in [4.69, 9.17) is 9.47 Å². The maximum atomic E-state index is 11.1. The Morgan fingerprint density at radius 3 is 2.81 bits per heavy atom. The highest BCUT2D eigenvalue weighted by atomic mass is 16.5. The molecule has 0 unspecified atom stereocenters. The fraction of sp³-hybridized carbons (Fsp3) is 0.462. The van der Waals surface area contributed by atoms with Gasteiger partial charge in [0.2, 0.25) is 0 Å². The summed E-state index contributed by atoms with van der Waals surface area (Å²) in [6.45, 7) is 4.95. The first kappa shape index (κ1) is 11.0. The Labute approximate surface area is 95.4 Å². The molecule has 0 spiro atoms. The largest absolute Gasteiger partial charge is 0.490 e. The summed E-state index contributed by atoms with van der Waals surface area (Å²) in [5.74, 6) is 1.76. The molecular formula is C13H16O3. The number of rotatable bonds is 2. The van der Waals surface area contributed by atoms with Gasteiger partial charge in [-0.05, 0) is 31.0 Å². The molecule has 3 nitrogen and oxygen atoms in total. The van der Waals surface area contributed by atoms with Crippen LogP contribution >= 0.6 is 0 Å². The summed E-state index contributed by atoms with van der Waals surface area (Å²) in [7, 11) is 0. The molecule has 0 aliphatic carbocycles. The quantitative estimate of drug-likeness (QED) is 0.767. The minimum Gasteiger partial charge on any atom is -0.490 e. The number of Topliss-reactive ketones (excluding diaryl/α,β-unsaturated/α-hetero) is 1. The number of ether oxygens (including phenoxy) is 2. The van der Waals surface area contributed by atoms with Crippen molar-refractivity contribution < 1.29 is 14.3 Å². The molecule has 0 radical (unpaired) electrons. The predicted octanol–water partition coefficient (Wildman–Crippen LogP) is 2.29. The smallest absolute Gasteiger partial charge is 0.164 e. The summed E-state index contributed by atoms with van der Waals surface area (Å²) in [5.41, 5.74) is 2.05. The topological polar surface area (TPSA) is 35.5 Å². The number of carbonyl (C=O) groups is 1. The molecule has 0 aromatic heterocycles. The molecule has 0 bridgehead atoms. The molecule has 0 saturated carbocycles. The van der Waals surface area contributed by atoms with Crippen LogP contribution in [0.3, 0.4) is 0 Å². The fourth-order valence-electron chi connectivity index (χ4n) is 1.88. The Kier molecular flexibility index (Phi) is 3.13. The van der Waals surface area contributed by atoms with E-state index in [1.54, 1.807) is 6.92 Å². The molecule has 1 aromatic carbocycles. The molecule has 1 aromatic rings. The molecule has 1 aliphatic rings. The van der Waals surface area contributed by atoms with Gasteiger partial charge in [0.05, 0.1) is 13.2 Å². The van der Waals surface area contributed by atoms with Crippen LogP contribution < -0.4 is 9.47 Å². The van der Waals surface area contributed by atoms with Gasteiger partial charge in [0.15, 0.2) is 11.5 Å². The molecule has 16 heavy (non-hydrogen) atoms. The molecular weight excluding hydrogens is 204 g/mol. The van der Waals surface area contributed by atoms with Crippen LogP contribution in [0.15, 0.2) is 12.1 Å². The highest BCUT2D eigenvalue weighted by Crippen LogP contribution is 2.35. The standard InChI is InChI=1S/C13H16O3/c1-9(14)8-11-4-5-12-13(10(11)2)16-7-3-6-15-12/h4-5H,3,6-8H2,1-2H3. The van der Waals surface area contributed by atoms with Gasteiger partial charge in [-0.15, -0.1) is 0 Å². The van der Waals surface area contributed by atoms with Crippen molar-refractivity contribution in [3.63, 3.8) is 0 Å². The second-order valence-corrected chi connectivity index (χ2v) is 4.11. The van der Waals surface area contributed by atoms with Crippen molar-refractivity contribution in [3.8, 4) is 11.5 Å². The maximum Gasteiger partial charge on any atom is 0.164 e. The van der Waals surface area contributed by atoms with Crippen LogP contribution in [-0.4, -0.2) is 19.0 Å². The fourth-order valence-corrected chi connectivity index (χ4v) is 1.88. The lowest BCUT2D eigenvalue weighted by atomic mass is 10.0. The van der Waals surface area contributed by atoms with E-state index in [1.165, 1.54) is 0 Å². The van der Waals surface area contributed by atoms with Crippen molar-refractivity contribution in [2.45, 2.75) is 26.7 Å². The minimum absolute atomic E-state index is 0.164. The van der Waals surface area contributed by atoms with Crippen LogP contribution in [0.25, 0.3) is 0 Å². The van der Waals surface area contributed by atoms with E-state index >= 15 is 0 Å². The van der Waals surface area contributed by atoms with Crippen LogP contribution in [0, 0.1) is 6.92 Å². The Morgan fingerprint density at radius 2 is 2.06 bits per heavy atom. The van der Waals surface area contributed by atoms with Crippen molar-refractivity contribution in [1.82, 2.24) is 0 Å². The Morgan fingerprint density at radius 1 is 1.31 bits per heavy atom. The van der Waals surface area contributed by atoms with E-state index < -0.39 is 0 Å². The molecule has 1 heterocycles. The van der Waals surface area contributed by atoms with E-state index in [0.29, 0.717) is 19.6 Å². The third kappa shape index (κ3) is 2.18. The normalized spacial score (nSPS) is 14.4. The molecule has 0 fully saturated rings. The zero-order valence-corrected chi connectivity index (χ0v) is 9.71. The second kappa shape index (κ2) is 4.56. The second-order valence-electron chi connectivity index (χ2n) is 4.11. The van der Waals surface area contributed by atoms with E-state index in [0.717, 1.165) is 29.0 Å². The Bertz CT molecular complexity index is 410. The monoisotopic (exact) mass is 220 g/mol. The van der Waals surface area contributed by atoms with Crippen LogP contribution in [0.4, 0.5) is 0 Å². The maximum absolute atomic E-state index is 11.1. The molecule has 3 heteroatoms. The van der Waals surface area contributed by atoms with Gasteiger partial charge in [-0.25, -0.2) is 0 Å². The lowest BCUT2D eigenvalue weighted by molar-refractivity contribution is -0.116. The summed E-state index contributed by atoms with van der Waals surface area (Å²) in [5, 5.41) is 0. The highest BCUT2D eigenvalue weighted by Gasteiger charge is 2.15. The summed E-state index contributed by atoms with van der Waals surface area (Å²) < 4.78 is 11.2. The lowest BCUT2D eigenvalue weighted by Crippen LogP contribution is -2.02. The van der Waals surface area contributed by atoms with E-state index in [-0.39, 0.29) is 5.78 Å². The number of hydrogen-bond acceptors (Lipinski definition) is 3. The molecule has 86 valence electrons. The summed E-state index contributed by atoms with van der Waals surface area (Å²) >= 11 is 0. The number of carbonyl (C=O) groups excluding carboxylic acids is 1. The van der Waals surface area contributed by atoms with Crippen LogP contribution in [-0.2, 0) is 11.2 Å². The summed E-state index contributed by atoms with van der Waals surface area (Å²) in [4.78, 5) is 11.1. The van der Waals surface area contributed by atoms with Gasteiger partial charge in [-0.1, -0.05) is 6.07 Å². The summed E-state index contributed by atoms with van der Waals surface area (Å²) in [6.07, 6.45) is 1.36. The van der Waals surface area contributed by atoms with Gasteiger partial charge in [0, 0.05) is 12.8 Å². The van der Waals surface area contributed by atoms with Crippen molar-refractivity contribution in [2.24, 2.45) is 0 Å². The first-order chi connectivity index (χ1) is 7.68. The molecule has 0 saturated heterocycles. The van der Waals surface area contributed by atoms with E-state index in [2.05, 4.69) is 0 Å². The van der Waals surface area contributed by atoms with Gasteiger partial charge in [0.25, 0.3) is 0 Å². The van der Waals surface area contributed by atoms with Gasteiger partial charge < -0.3 is 9.47 Å². The molecule has 0 atom stereocenters. The zero-order valence-electron chi connectivity index (χ0n) is 9.71. The minimum atomic E-state index is 0.164. The zero-order chi connectivity index (χ0) is 11.5. The van der Waals surface area contributed by atoms with Crippen molar-refractivity contribution in [2.75, 3.05) is 13.2 Å². The highest BCUT2D eigenvalue weighted by molar-refractivity contribution is 5.79. The Balaban J connectivity index is 2.37. The van der Waals surface area contributed by atoms with Gasteiger partial charge in [0.1, 0.15) is 5.78 Å². The number of hydrogen-bond donors (Lipinski definition) is 0. The SMILES string of the molecule is CC(=O)Cc1ccc2c(c1C)OCCCO2. The molecule has 2 rings (SSSR count). The van der Waals surface area contributed by atoms with Gasteiger partial charge >= 0.3 is 0 Å². The van der Waals surface area contributed by atoms with Gasteiger partial charge in [-0.2, -0.15) is 0 Å². The third-order valence-electron chi connectivity index (χ3n) is 2.71. The predicted molar refractivity (Wildman–Crippen MR) is 61.2 cm³/mol.